The molecule has 0 aromatic rings. The minimum Gasteiger partial charge on any atom is -0.392 e. The number of aliphatic hydroxyl groups is 1. The highest BCUT2D eigenvalue weighted by Crippen LogP contribution is 2.33. The van der Waals surface area contributed by atoms with Gasteiger partial charge in [-0.2, -0.15) is 0 Å². The molecule has 12 heavy (non-hydrogen) atoms. The molecule has 0 aromatic carbocycles. The van der Waals surface area contributed by atoms with Crippen LogP contribution in [-0.4, -0.2) is 23.9 Å². The van der Waals surface area contributed by atoms with Gasteiger partial charge in [0.15, 0.2) is 0 Å². The average Bonchev–Trinajstić information content (AvgIpc) is 2.31. The highest BCUT2D eigenvalue weighted by molar-refractivity contribution is 4.86. The third-order valence-electron chi connectivity index (χ3n) is 2.73. The normalized spacial score (nSPS) is 33.8. The van der Waals surface area contributed by atoms with Crippen LogP contribution in [0.5, 0.6) is 0 Å². The summed E-state index contributed by atoms with van der Waals surface area (Å²) >= 11 is 0. The van der Waals surface area contributed by atoms with Crippen molar-refractivity contribution in [2.24, 2.45) is 11.3 Å². The Labute approximate surface area is 74.9 Å². The summed E-state index contributed by atoms with van der Waals surface area (Å²) in [6.07, 6.45) is 0.980. The van der Waals surface area contributed by atoms with E-state index < -0.39 is 0 Å². The molecule has 1 rings (SSSR count). The van der Waals surface area contributed by atoms with Gasteiger partial charge >= 0.3 is 0 Å². The Morgan fingerprint density at radius 2 is 2.00 bits per heavy atom. The molecule has 1 heterocycles. The first-order valence-electron chi connectivity index (χ1n) is 4.72. The Balaban J connectivity index is 2.57. The second-order valence-electron chi connectivity index (χ2n) is 4.84. The molecule has 0 bridgehead atoms. The maximum atomic E-state index is 9.98. The summed E-state index contributed by atoms with van der Waals surface area (Å²) in [4.78, 5) is 0. The fourth-order valence-electron chi connectivity index (χ4n) is 1.81. The summed E-state index contributed by atoms with van der Waals surface area (Å²) in [5.41, 5.74) is -0.0212. The van der Waals surface area contributed by atoms with E-state index >= 15 is 0 Å². The molecule has 0 saturated carbocycles. The zero-order valence-electron chi connectivity index (χ0n) is 8.50. The number of rotatable bonds is 1. The van der Waals surface area contributed by atoms with Crippen LogP contribution in [0.2, 0.25) is 0 Å². The topological polar surface area (TPSA) is 29.5 Å². The lowest BCUT2D eigenvalue weighted by Gasteiger charge is -2.32. The molecule has 0 aliphatic carbocycles. The monoisotopic (exact) mass is 172 g/mol. The second kappa shape index (κ2) is 3.35. The molecule has 1 aliphatic rings. The first kappa shape index (κ1) is 10.0. The molecule has 0 amide bonds. The van der Waals surface area contributed by atoms with E-state index in [4.69, 9.17) is 4.74 Å². The Morgan fingerprint density at radius 3 is 2.33 bits per heavy atom. The van der Waals surface area contributed by atoms with Crippen molar-refractivity contribution < 1.29 is 9.84 Å². The molecule has 0 aromatic heterocycles. The van der Waals surface area contributed by atoms with Gasteiger partial charge in [-0.3, -0.25) is 0 Å². The molecule has 1 aliphatic heterocycles. The Bertz CT molecular complexity index is 148. The maximum absolute atomic E-state index is 9.98. The number of aliphatic hydroxyl groups excluding tert-OH is 1. The van der Waals surface area contributed by atoms with Crippen LogP contribution in [0.3, 0.4) is 0 Å². The number of ether oxygens (including phenoxy) is 1. The zero-order chi connectivity index (χ0) is 9.35. The number of hydrogen-bond donors (Lipinski definition) is 1. The van der Waals surface area contributed by atoms with Gasteiger partial charge in [-0.25, -0.2) is 0 Å². The van der Waals surface area contributed by atoms with E-state index in [2.05, 4.69) is 20.8 Å². The van der Waals surface area contributed by atoms with E-state index in [0.29, 0.717) is 5.92 Å². The van der Waals surface area contributed by atoms with Crippen molar-refractivity contribution in [2.75, 3.05) is 6.61 Å². The van der Waals surface area contributed by atoms with Crippen molar-refractivity contribution in [1.82, 2.24) is 0 Å². The van der Waals surface area contributed by atoms with E-state index in [1.165, 1.54) is 0 Å². The standard InChI is InChI=1S/C10H20O2/c1-7-8(5-6-12-7)9(11)10(2,3)4/h7-9,11H,5-6H2,1-4H3. The van der Waals surface area contributed by atoms with Crippen LogP contribution in [0.4, 0.5) is 0 Å². The average molecular weight is 172 g/mol. The Kier molecular flexibility index (Phi) is 2.79. The summed E-state index contributed by atoms with van der Waals surface area (Å²) in [6.45, 7) is 9.07. The maximum Gasteiger partial charge on any atom is 0.0642 e. The predicted octanol–water partition coefficient (Wildman–Crippen LogP) is 1.82. The van der Waals surface area contributed by atoms with Gasteiger partial charge in [0.2, 0.25) is 0 Å². The van der Waals surface area contributed by atoms with Crippen LogP contribution < -0.4 is 0 Å². The van der Waals surface area contributed by atoms with E-state index in [1.807, 2.05) is 6.92 Å². The highest BCUT2D eigenvalue weighted by Gasteiger charge is 2.36. The summed E-state index contributed by atoms with van der Waals surface area (Å²) < 4.78 is 5.42. The van der Waals surface area contributed by atoms with Crippen molar-refractivity contribution in [2.45, 2.75) is 46.3 Å². The van der Waals surface area contributed by atoms with E-state index in [0.717, 1.165) is 13.0 Å². The van der Waals surface area contributed by atoms with Crippen LogP contribution in [0, 0.1) is 11.3 Å². The summed E-state index contributed by atoms with van der Waals surface area (Å²) in [5, 5.41) is 9.98. The van der Waals surface area contributed by atoms with Gasteiger partial charge in [0.25, 0.3) is 0 Å². The molecule has 2 heteroatoms. The number of hydrogen-bond acceptors (Lipinski definition) is 2. The first-order valence-corrected chi connectivity index (χ1v) is 4.72. The SMILES string of the molecule is CC1OCCC1C(O)C(C)(C)C. The van der Waals surface area contributed by atoms with Gasteiger partial charge < -0.3 is 9.84 Å². The van der Waals surface area contributed by atoms with E-state index in [-0.39, 0.29) is 17.6 Å². The molecular weight excluding hydrogens is 152 g/mol. The van der Waals surface area contributed by atoms with Gasteiger partial charge in [-0.15, -0.1) is 0 Å². The highest BCUT2D eigenvalue weighted by atomic mass is 16.5. The molecule has 3 unspecified atom stereocenters. The van der Waals surface area contributed by atoms with Gasteiger partial charge in [-0.05, 0) is 18.8 Å². The third kappa shape index (κ3) is 1.99. The van der Waals surface area contributed by atoms with E-state index in [1.54, 1.807) is 0 Å². The lowest BCUT2D eigenvalue weighted by Crippen LogP contribution is -2.37. The van der Waals surface area contributed by atoms with Crippen LogP contribution in [0.25, 0.3) is 0 Å². The fourth-order valence-corrected chi connectivity index (χ4v) is 1.81. The quantitative estimate of drug-likeness (QED) is 0.653. The molecule has 0 spiro atoms. The molecule has 2 nitrogen and oxygen atoms in total. The zero-order valence-corrected chi connectivity index (χ0v) is 8.50. The largest absolute Gasteiger partial charge is 0.392 e. The van der Waals surface area contributed by atoms with Crippen molar-refractivity contribution in [3.63, 3.8) is 0 Å². The molecule has 1 N–H and O–H groups in total. The third-order valence-corrected chi connectivity index (χ3v) is 2.73. The van der Waals surface area contributed by atoms with Crippen LogP contribution in [0.15, 0.2) is 0 Å². The van der Waals surface area contributed by atoms with Crippen molar-refractivity contribution in [3.05, 3.63) is 0 Å². The second-order valence-corrected chi connectivity index (χ2v) is 4.84. The predicted molar refractivity (Wildman–Crippen MR) is 49.0 cm³/mol. The fraction of sp³-hybridized carbons (Fsp3) is 1.00. The lowest BCUT2D eigenvalue weighted by molar-refractivity contribution is -0.0168. The van der Waals surface area contributed by atoms with Gasteiger partial charge in [0.05, 0.1) is 12.2 Å². The molecule has 0 radical (unpaired) electrons. The van der Waals surface area contributed by atoms with Crippen molar-refractivity contribution >= 4 is 0 Å². The molecule has 1 saturated heterocycles. The first-order chi connectivity index (χ1) is 5.43. The molecule has 72 valence electrons. The lowest BCUT2D eigenvalue weighted by atomic mass is 9.79. The van der Waals surface area contributed by atoms with Crippen LogP contribution in [0.1, 0.15) is 34.1 Å². The van der Waals surface area contributed by atoms with Gasteiger partial charge in [-0.1, -0.05) is 20.8 Å². The molecule has 1 fully saturated rings. The smallest absolute Gasteiger partial charge is 0.0642 e. The minimum absolute atomic E-state index is 0.0212. The summed E-state index contributed by atoms with van der Waals surface area (Å²) in [7, 11) is 0. The van der Waals surface area contributed by atoms with Crippen LogP contribution in [-0.2, 0) is 4.74 Å². The minimum atomic E-state index is -0.241. The summed E-state index contributed by atoms with van der Waals surface area (Å²) in [6, 6.07) is 0. The Hall–Kier alpha value is -0.0800. The van der Waals surface area contributed by atoms with Gasteiger partial charge in [0.1, 0.15) is 0 Å². The molecule has 3 atom stereocenters. The van der Waals surface area contributed by atoms with Crippen molar-refractivity contribution in [3.8, 4) is 0 Å². The molecular formula is C10H20O2. The van der Waals surface area contributed by atoms with E-state index in [9.17, 15) is 5.11 Å². The van der Waals surface area contributed by atoms with Crippen molar-refractivity contribution in [1.29, 1.82) is 0 Å². The Morgan fingerprint density at radius 1 is 1.42 bits per heavy atom. The van der Waals surface area contributed by atoms with Crippen LogP contribution >= 0.6 is 0 Å². The summed E-state index contributed by atoms with van der Waals surface area (Å²) in [5.74, 6) is 0.324. The van der Waals surface area contributed by atoms with Gasteiger partial charge in [0, 0.05) is 12.5 Å².